The summed E-state index contributed by atoms with van der Waals surface area (Å²) in [6.07, 6.45) is 2.31. The smallest absolute Gasteiger partial charge is 0.0925 e. The molecule has 0 saturated carbocycles. The average molecular weight is 204 g/mol. The molecule has 15 heavy (non-hydrogen) atoms. The van der Waals surface area contributed by atoms with E-state index >= 15 is 0 Å². The molecule has 0 aliphatic carbocycles. The molecule has 1 fully saturated rings. The summed E-state index contributed by atoms with van der Waals surface area (Å²) in [7, 11) is 0. The molecule has 0 radical (unpaired) electrons. The van der Waals surface area contributed by atoms with Crippen LogP contribution in [0.5, 0.6) is 0 Å². The lowest BCUT2D eigenvalue weighted by Gasteiger charge is -2.39. The highest BCUT2D eigenvalue weighted by Gasteiger charge is 2.34. The van der Waals surface area contributed by atoms with Crippen LogP contribution in [-0.2, 0) is 16.8 Å². The lowest BCUT2D eigenvalue weighted by molar-refractivity contribution is -0.140. The molecular formula is C14H20O. The van der Waals surface area contributed by atoms with Crippen LogP contribution in [0.15, 0.2) is 24.3 Å². The second-order valence-corrected chi connectivity index (χ2v) is 5.12. The minimum absolute atomic E-state index is 0.00361. The zero-order chi connectivity index (χ0) is 10.9. The van der Waals surface area contributed by atoms with Crippen LogP contribution in [0, 0.1) is 5.92 Å². The standard InChI is InChI=1S/C14H20O/c1-11(2)10-12-4-6-13(7-5-12)14(3)8-9-15-14/h4-7,11H,8-10H2,1-3H3. The van der Waals surface area contributed by atoms with Crippen molar-refractivity contribution in [3.05, 3.63) is 35.4 Å². The van der Waals surface area contributed by atoms with Crippen molar-refractivity contribution >= 4 is 0 Å². The Balaban J connectivity index is 2.10. The van der Waals surface area contributed by atoms with Gasteiger partial charge in [0.05, 0.1) is 12.2 Å². The van der Waals surface area contributed by atoms with Crippen molar-refractivity contribution < 1.29 is 4.74 Å². The molecule has 0 aromatic heterocycles. The molecule has 1 aromatic carbocycles. The summed E-state index contributed by atoms with van der Waals surface area (Å²) < 4.78 is 5.63. The maximum Gasteiger partial charge on any atom is 0.0925 e. The molecule has 1 saturated heterocycles. The first kappa shape index (κ1) is 10.7. The van der Waals surface area contributed by atoms with Crippen molar-refractivity contribution in [1.82, 2.24) is 0 Å². The Hall–Kier alpha value is -0.820. The summed E-state index contributed by atoms with van der Waals surface area (Å²) in [5, 5.41) is 0. The summed E-state index contributed by atoms with van der Waals surface area (Å²) in [6, 6.07) is 8.91. The average Bonchev–Trinajstić information content (AvgIpc) is 2.14. The number of ether oxygens (including phenoxy) is 1. The molecule has 82 valence electrons. The molecular weight excluding hydrogens is 184 g/mol. The van der Waals surface area contributed by atoms with Crippen LogP contribution >= 0.6 is 0 Å². The van der Waals surface area contributed by atoms with E-state index in [1.165, 1.54) is 11.1 Å². The quantitative estimate of drug-likeness (QED) is 0.732. The minimum atomic E-state index is -0.00361. The maximum atomic E-state index is 5.63. The van der Waals surface area contributed by atoms with Crippen LogP contribution < -0.4 is 0 Å². The number of hydrogen-bond acceptors (Lipinski definition) is 1. The molecule has 0 N–H and O–H groups in total. The summed E-state index contributed by atoms with van der Waals surface area (Å²) in [5.41, 5.74) is 2.74. The zero-order valence-electron chi connectivity index (χ0n) is 9.92. The molecule has 1 heteroatoms. The molecule has 1 heterocycles. The van der Waals surface area contributed by atoms with Crippen LogP contribution in [0.1, 0.15) is 38.3 Å². The van der Waals surface area contributed by atoms with Gasteiger partial charge in [-0.05, 0) is 30.4 Å². The first-order valence-corrected chi connectivity index (χ1v) is 5.83. The molecule has 1 atom stereocenters. The third kappa shape index (κ3) is 2.23. The highest BCUT2D eigenvalue weighted by molar-refractivity contribution is 5.28. The van der Waals surface area contributed by atoms with Gasteiger partial charge in [-0.2, -0.15) is 0 Å². The van der Waals surface area contributed by atoms with Crippen molar-refractivity contribution in [2.45, 2.75) is 39.2 Å². The van der Waals surface area contributed by atoms with Gasteiger partial charge in [-0.15, -0.1) is 0 Å². The van der Waals surface area contributed by atoms with Gasteiger partial charge in [-0.3, -0.25) is 0 Å². The first-order chi connectivity index (χ1) is 7.10. The molecule has 0 bridgehead atoms. The van der Waals surface area contributed by atoms with E-state index in [-0.39, 0.29) is 5.60 Å². The minimum Gasteiger partial charge on any atom is -0.370 e. The molecule has 1 aliphatic heterocycles. The van der Waals surface area contributed by atoms with Crippen LogP contribution in [0.3, 0.4) is 0 Å². The maximum absolute atomic E-state index is 5.63. The van der Waals surface area contributed by atoms with Crippen LogP contribution in [0.4, 0.5) is 0 Å². The highest BCUT2D eigenvalue weighted by atomic mass is 16.5. The summed E-state index contributed by atoms with van der Waals surface area (Å²) in [4.78, 5) is 0. The highest BCUT2D eigenvalue weighted by Crippen LogP contribution is 2.36. The van der Waals surface area contributed by atoms with Crippen molar-refractivity contribution in [3.63, 3.8) is 0 Å². The monoisotopic (exact) mass is 204 g/mol. The normalized spacial score (nSPS) is 25.3. The Bertz CT molecular complexity index is 320. The van der Waals surface area contributed by atoms with Gasteiger partial charge in [-0.25, -0.2) is 0 Å². The van der Waals surface area contributed by atoms with Crippen LogP contribution in [0.25, 0.3) is 0 Å². The molecule has 1 aromatic rings. The molecule has 1 aliphatic rings. The van der Waals surface area contributed by atoms with Gasteiger partial charge in [-0.1, -0.05) is 38.1 Å². The first-order valence-electron chi connectivity index (χ1n) is 5.83. The van der Waals surface area contributed by atoms with Gasteiger partial charge in [0.15, 0.2) is 0 Å². The Morgan fingerprint density at radius 3 is 2.27 bits per heavy atom. The Kier molecular flexibility index (Phi) is 2.83. The topological polar surface area (TPSA) is 9.23 Å². The fraction of sp³-hybridized carbons (Fsp3) is 0.571. The van der Waals surface area contributed by atoms with Gasteiger partial charge < -0.3 is 4.74 Å². The molecule has 0 amide bonds. The van der Waals surface area contributed by atoms with Crippen LogP contribution in [0.2, 0.25) is 0 Å². The van der Waals surface area contributed by atoms with Gasteiger partial charge >= 0.3 is 0 Å². The second kappa shape index (κ2) is 3.97. The van der Waals surface area contributed by atoms with E-state index in [2.05, 4.69) is 45.0 Å². The van der Waals surface area contributed by atoms with Gasteiger partial charge in [0.2, 0.25) is 0 Å². The van der Waals surface area contributed by atoms with E-state index in [9.17, 15) is 0 Å². The van der Waals surface area contributed by atoms with Crippen LogP contribution in [-0.4, -0.2) is 6.61 Å². The number of rotatable bonds is 3. The number of benzene rings is 1. The van der Waals surface area contributed by atoms with Crippen molar-refractivity contribution in [3.8, 4) is 0 Å². The van der Waals surface area contributed by atoms with E-state index in [1.54, 1.807) is 0 Å². The lowest BCUT2D eigenvalue weighted by Crippen LogP contribution is -2.37. The fourth-order valence-electron chi connectivity index (χ4n) is 2.10. The third-order valence-corrected chi connectivity index (χ3v) is 3.21. The van der Waals surface area contributed by atoms with E-state index in [0.717, 1.165) is 25.4 Å². The predicted molar refractivity (Wildman–Crippen MR) is 62.9 cm³/mol. The van der Waals surface area contributed by atoms with E-state index < -0.39 is 0 Å². The second-order valence-electron chi connectivity index (χ2n) is 5.12. The zero-order valence-corrected chi connectivity index (χ0v) is 9.92. The Morgan fingerprint density at radius 2 is 1.87 bits per heavy atom. The van der Waals surface area contributed by atoms with Crippen molar-refractivity contribution in [2.75, 3.05) is 6.61 Å². The fourth-order valence-corrected chi connectivity index (χ4v) is 2.10. The number of hydrogen-bond donors (Lipinski definition) is 0. The SMILES string of the molecule is CC(C)Cc1ccc(C2(C)CCO2)cc1. The molecule has 0 spiro atoms. The van der Waals surface area contributed by atoms with Crippen molar-refractivity contribution in [1.29, 1.82) is 0 Å². The molecule has 2 rings (SSSR count). The summed E-state index contributed by atoms with van der Waals surface area (Å²) in [5.74, 6) is 0.728. The predicted octanol–water partition coefficient (Wildman–Crippen LogP) is 3.52. The lowest BCUT2D eigenvalue weighted by atomic mass is 9.87. The van der Waals surface area contributed by atoms with E-state index in [1.807, 2.05) is 0 Å². The van der Waals surface area contributed by atoms with Crippen molar-refractivity contribution in [2.24, 2.45) is 5.92 Å². The Labute approximate surface area is 92.5 Å². The Morgan fingerprint density at radius 1 is 1.27 bits per heavy atom. The summed E-state index contributed by atoms with van der Waals surface area (Å²) >= 11 is 0. The van der Waals surface area contributed by atoms with E-state index in [0.29, 0.717) is 0 Å². The largest absolute Gasteiger partial charge is 0.370 e. The van der Waals surface area contributed by atoms with Gasteiger partial charge in [0.1, 0.15) is 0 Å². The third-order valence-electron chi connectivity index (χ3n) is 3.21. The summed E-state index contributed by atoms with van der Waals surface area (Å²) in [6.45, 7) is 7.59. The van der Waals surface area contributed by atoms with Gasteiger partial charge in [0, 0.05) is 6.42 Å². The molecule has 1 nitrogen and oxygen atoms in total. The van der Waals surface area contributed by atoms with Gasteiger partial charge in [0.25, 0.3) is 0 Å². The molecule has 1 unspecified atom stereocenters. The van der Waals surface area contributed by atoms with E-state index in [4.69, 9.17) is 4.74 Å².